The van der Waals surface area contributed by atoms with Crippen LogP contribution in [0.2, 0.25) is 5.02 Å². The fourth-order valence-corrected chi connectivity index (χ4v) is 2.73. The van der Waals surface area contributed by atoms with Gasteiger partial charge in [-0.3, -0.25) is 9.59 Å². The summed E-state index contributed by atoms with van der Waals surface area (Å²) in [5.41, 5.74) is 6.69. The van der Waals surface area contributed by atoms with Crippen molar-refractivity contribution in [3.05, 3.63) is 28.8 Å². The fraction of sp³-hybridized carbons (Fsp3) is 0.467. The summed E-state index contributed by atoms with van der Waals surface area (Å²) < 4.78 is 0. The molecule has 0 aliphatic heterocycles. The van der Waals surface area contributed by atoms with Gasteiger partial charge in [0.15, 0.2) is 0 Å². The first-order valence-electron chi connectivity index (χ1n) is 7.15. The molecule has 5 nitrogen and oxygen atoms in total. The van der Waals surface area contributed by atoms with Gasteiger partial charge in [0.2, 0.25) is 5.91 Å². The lowest BCUT2D eigenvalue weighted by molar-refractivity contribution is -0.119. The first-order valence-corrected chi connectivity index (χ1v) is 7.53. The molecule has 7 heteroatoms. The first kappa shape index (κ1) is 18.7. The third-order valence-corrected chi connectivity index (χ3v) is 3.90. The maximum atomic E-state index is 12.2. The summed E-state index contributed by atoms with van der Waals surface area (Å²) in [5.74, 6) is -0.424. The minimum Gasteiger partial charge on any atom is -0.352 e. The number of carbonyl (C=O) groups excluding carboxylic acids is 2. The Morgan fingerprint density at radius 2 is 2.09 bits per heavy atom. The molecule has 122 valence electrons. The van der Waals surface area contributed by atoms with Crippen LogP contribution in [0, 0.1) is 5.92 Å². The van der Waals surface area contributed by atoms with Gasteiger partial charge in [0.05, 0.1) is 11.3 Å². The van der Waals surface area contributed by atoms with Crippen molar-refractivity contribution in [2.75, 3.05) is 11.9 Å². The Hall–Kier alpha value is -1.30. The van der Waals surface area contributed by atoms with Crippen LogP contribution >= 0.6 is 24.0 Å². The Morgan fingerprint density at radius 3 is 2.68 bits per heavy atom. The number of benzene rings is 1. The van der Waals surface area contributed by atoms with Crippen LogP contribution in [-0.4, -0.2) is 24.4 Å². The third kappa shape index (κ3) is 4.60. The smallest absolute Gasteiger partial charge is 0.253 e. The lowest BCUT2D eigenvalue weighted by Gasteiger charge is -2.14. The molecule has 1 aliphatic rings. The largest absolute Gasteiger partial charge is 0.352 e. The summed E-state index contributed by atoms with van der Waals surface area (Å²) in [6.45, 7) is 2.34. The maximum absolute atomic E-state index is 12.2. The Labute approximate surface area is 141 Å². The monoisotopic (exact) mass is 345 g/mol. The standard InChI is InChI=1S/C15H20ClN3O2.ClH/c1-2-18-15(21)12-8-10(16)4-6-13(12)19-14(20)9-3-5-11(17)7-9;/h4,6,8-9,11H,2-3,5,7,17H2,1H3,(H,18,21)(H,19,20);1H. The molecule has 2 amide bonds. The van der Waals surface area contributed by atoms with Gasteiger partial charge in [-0.15, -0.1) is 12.4 Å². The van der Waals surface area contributed by atoms with Crippen LogP contribution in [0.15, 0.2) is 18.2 Å². The SMILES string of the molecule is CCNC(=O)c1cc(Cl)ccc1NC(=O)C1CCC(N)C1.Cl. The Balaban J connectivity index is 0.00000242. The molecule has 0 heterocycles. The number of hydrogen-bond donors (Lipinski definition) is 3. The van der Waals surface area contributed by atoms with Crippen LogP contribution in [0.25, 0.3) is 0 Å². The molecule has 2 unspecified atom stereocenters. The van der Waals surface area contributed by atoms with Crippen molar-refractivity contribution in [1.82, 2.24) is 5.32 Å². The number of rotatable bonds is 4. The first-order chi connectivity index (χ1) is 10.0. The second-order valence-electron chi connectivity index (χ2n) is 5.31. The van der Waals surface area contributed by atoms with Crippen molar-refractivity contribution in [1.29, 1.82) is 0 Å². The van der Waals surface area contributed by atoms with Crippen LogP contribution in [0.3, 0.4) is 0 Å². The van der Waals surface area contributed by atoms with Gasteiger partial charge >= 0.3 is 0 Å². The van der Waals surface area contributed by atoms with Crippen molar-refractivity contribution in [3.8, 4) is 0 Å². The van der Waals surface area contributed by atoms with Crippen molar-refractivity contribution in [2.45, 2.75) is 32.2 Å². The van der Waals surface area contributed by atoms with Gasteiger partial charge in [0.1, 0.15) is 0 Å². The second kappa shape index (κ2) is 8.36. The van der Waals surface area contributed by atoms with Crippen LogP contribution in [0.4, 0.5) is 5.69 Å². The quantitative estimate of drug-likeness (QED) is 0.783. The number of carbonyl (C=O) groups is 2. The molecule has 1 aromatic carbocycles. The van der Waals surface area contributed by atoms with Gasteiger partial charge in [-0.05, 0) is 44.4 Å². The minimum atomic E-state index is -0.251. The van der Waals surface area contributed by atoms with Crippen LogP contribution in [-0.2, 0) is 4.79 Å². The molecule has 0 bridgehead atoms. The van der Waals surface area contributed by atoms with Crippen molar-refractivity contribution in [2.24, 2.45) is 11.7 Å². The van der Waals surface area contributed by atoms with Crippen LogP contribution < -0.4 is 16.4 Å². The summed E-state index contributed by atoms with van der Waals surface area (Å²) in [6, 6.07) is 4.96. The van der Waals surface area contributed by atoms with Gasteiger partial charge in [-0.2, -0.15) is 0 Å². The van der Waals surface area contributed by atoms with E-state index >= 15 is 0 Å². The topological polar surface area (TPSA) is 84.2 Å². The summed E-state index contributed by atoms with van der Waals surface area (Å²) in [4.78, 5) is 24.3. The predicted octanol–water partition coefficient (Wildman–Crippen LogP) is 2.58. The normalized spacial score (nSPS) is 20.1. The minimum absolute atomic E-state index is 0. The van der Waals surface area contributed by atoms with E-state index in [-0.39, 0.29) is 36.2 Å². The molecular formula is C15H21Cl2N3O2. The van der Waals surface area contributed by atoms with Gasteiger partial charge in [0, 0.05) is 23.5 Å². The number of halogens is 2. The number of amides is 2. The zero-order valence-electron chi connectivity index (χ0n) is 12.4. The highest BCUT2D eigenvalue weighted by molar-refractivity contribution is 6.31. The summed E-state index contributed by atoms with van der Waals surface area (Å²) in [6.07, 6.45) is 2.34. The van der Waals surface area contributed by atoms with E-state index < -0.39 is 0 Å². The summed E-state index contributed by atoms with van der Waals surface area (Å²) in [7, 11) is 0. The molecule has 2 atom stereocenters. The molecular weight excluding hydrogens is 325 g/mol. The molecule has 1 fully saturated rings. The zero-order chi connectivity index (χ0) is 15.4. The lowest BCUT2D eigenvalue weighted by Crippen LogP contribution is -2.27. The molecule has 22 heavy (non-hydrogen) atoms. The molecule has 0 spiro atoms. The molecule has 1 aliphatic carbocycles. The van der Waals surface area contributed by atoms with Gasteiger partial charge in [0.25, 0.3) is 5.91 Å². The van der Waals surface area contributed by atoms with Gasteiger partial charge < -0.3 is 16.4 Å². The molecule has 0 saturated heterocycles. The molecule has 1 saturated carbocycles. The van der Waals surface area contributed by atoms with Crippen LogP contribution in [0.1, 0.15) is 36.5 Å². The highest BCUT2D eigenvalue weighted by Crippen LogP contribution is 2.27. The highest BCUT2D eigenvalue weighted by atomic mass is 35.5. The van der Waals surface area contributed by atoms with Crippen molar-refractivity contribution >= 4 is 41.5 Å². The lowest BCUT2D eigenvalue weighted by atomic mass is 10.1. The average molecular weight is 346 g/mol. The second-order valence-corrected chi connectivity index (χ2v) is 5.75. The summed E-state index contributed by atoms with van der Waals surface area (Å²) in [5, 5.41) is 5.99. The number of hydrogen-bond acceptors (Lipinski definition) is 3. The van der Waals surface area contributed by atoms with E-state index in [1.165, 1.54) is 0 Å². The average Bonchev–Trinajstić information content (AvgIpc) is 2.87. The predicted molar refractivity (Wildman–Crippen MR) is 90.7 cm³/mol. The highest BCUT2D eigenvalue weighted by Gasteiger charge is 2.28. The molecule has 0 radical (unpaired) electrons. The molecule has 1 aromatic rings. The Morgan fingerprint density at radius 1 is 1.36 bits per heavy atom. The molecule has 2 rings (SSSR count). The molecule has 4 N–H and O–H groups in total. The number of nitrogens with one attached hydrogen (secondary N) is 2. The van der Waals surface area contributed by atoms with E-state index in [4.69, 9.17) is 17.3 Å². The van der Waals surface area contributed by atoms with Crippen LogP contribution in [0.5, 0.6) is 0 Å². The Kier molecular flexibility index (Phi) is 7.13. The van der Waals surface area contributed by atoms with Crippen molar-refractivity contribution < 1.29 is 9.59 Å². The Bertz CT molecular complexity index is 552. The van der Waals surface area contributed by atoms with E-state index in [1.807, 2.05) is 6.92 Å². The number of anilines is 1. The number of nitrogens with two attached hydrogens (primary N) is 1. The van der Waals surface area contributed by atoms with E-state index in [0.717, 1.165) is 12.8 Å². The molecule has 0 aromatic heterocycles. The van der Waals surface area contributed by atoms with E-state index in [2.05, 4.69) is 10.6 Å². The van der Waals surface area contributed by atoms with Crippen molar-refractivity contribution in [3.63, 3.8) is 0 Å². The zero-order valence-corrected chi connectivity index (χ0v) is 14.0. The van der Waals surface area contributed by atoms with E-state index in [0.29, 0.717) is 29.2 Å². The van der Waals surface area contributed by atoms with E-state index in [1.54, 1.807) is 18.2 Å². The fourth-order valence-electron chi connectivity index (χ4n) is 2.56. The summed E-state index contributed by atoms with van der Waals surface area (Å²) >= 11 is 5.93. The van der Waals surface area contributed by atoms with Gasteiger partial charge in [-0.25, -0.2) is 0 Å². The van der Waals surface area contributed by atoms with Gasteiger partial charge in [-0.1, -0.05) is 11.6 Å². The maximum Gasteiger partial charge on any atom is 0.253 e. The third-order valence-electron chi connectivity index (χ3n) is 3.67. The van der Waals surface area contributed by atoms with E-state index in [9.17, 15) is 9.59 Å².